The minimum atomic E-state index is 0.218. The molecule has 0 amide bonds. The predicted molar refractivity (Wildman–Crippen MR) is 75.9 cm³/mol. The Labute approximate surface area is 114 Å². The molecule has 1 aromatic carbocycles. The van der Waals surface area contributed by atoms with Gasteiger partial charge in [-0.25, -0.2) is 0 Å². The summed E-state index contributed by atoms with van der Waals surface area (Å²) in [5.74, 6) is 1.58. The lowest BCUT2D eigenvalue weighted by atomic mass is 9.99. The largest absolute Gasteiger partial charge is 0.339 e. The molecule has 2 atom stereocenters. The Morgan fingerprint density at radius 2 is 1.95 bits per heavy atom. The van der Waals surface area contributed by atoms with Gasteiger partial charge < -0.3 is 9.84 Å². The van der Waals surface area contributed by atoms with Gasteiger partial charge in [0.2, 0.25) is 11.7 Å². The normalized spacial score (nSPS) is 14.3. The van der Waals surface area contributed by atoms with Gasteiger partial charge in [-0.3, -0.25) is 0 Å². The molecule has 0 aliphatic rings. The third kappa shape index (κ3) is 3.20. The van der Waals surface area contributed by atoms with Crippen molar-refractivity contribution in [2.24, 2.45) is 0 Å². The van der Waals surface area contributed by atoms with Crippen molar-refractivity contribution in [1.82, 2.24) is 15.5 Å². The average molecular weight is 259 g/mol. The van der Waals surface area contributed by atoms with Gasteiger partial charge in [-0.1, -0.05) is 56.3 Å². The lowest BCUT2D eigenvalue weighted by molar-refractivity contribution is 0.321. The average Bonchev–Trinajstić information content (AvgIpc) is 2.95. The Kier molecular flexibility index (Phi) is 4.68. The van der Waals surface area contributed by atoms with Gasteiger partial charge in [0.1, 0.15) is 0 Å². The van der Waals surface area contributed by atoms with Crippen molar-refractivity contribution < 1.29 is 4.52 Å². The Balaban J connectivity index is 2.16. The highest BCUT2D eigenvalue weighted by atomic mass is 16.5. The summed E-state index contributed by atoms with van der Waals surface area (Å²) in [6.45, 7) is 7.35. The molecule has 0 radical (unpaired) electrons. The van der Waals surface area contributed by atoms with E-state index in [0.29, 0.717) is 17.8 Å². The highest BCUT2D eigenvalue weighted by Crippen LogP contribution is 2.22. The second-order valence-electron chi connectivity index (χ2n) is 4.68. The summed E-state index contributed by atoms with van der Waals surface area (Å²) in [6.07, 6.45) is 1.04. The Morgan fingerprint density at radius 3 is 2.58 bits per heavy atom. The van der Waals surface area contributed by atoms with Crippen LogP contribution in [0.25, 0.3) is 11.4 Å². The number of benzene rings is 1. The first kappa shape index (κ1) is 13.7. The lowest BCUT2D eigenvalue weighted by Gasteiger charge is -2.20. The fourth-order valence-electron chi connectivity index (χ4n) is 2.23. The van der Waals surface area contributed by atoms with Gasteiger partial charge in [-0.15, -0.1) is 0 Å². The molecule has 0 fully saturated rings. The highest BCUT2D eigenvalue weighted by molar-refractivity contribution is 5.53. The topological polar surface area (TPSA) is 51.0 Å². The quantitative estimate of drug-likeness (QED) is 0.865. The Bertz CT molecular complexity index is 495. The van der Waals surface area contributed by atoms with Crippen molar-refractivity contribution in [3.63, 3.8) is 0 Å². The summed E-state index contributed by atoms with van der Waals surface area (Å²) in [5, 5.41) is 7.52. The number of hydrogen-bond donors (Lipinski definition) is 1. The zero-order valence-electron chi connectivity index (χ0n) is 11.8. The molecule has 2 aromatic rings. The van der Waals surface area contributed by atoms with Gasteiger partial charge in [0.05, 0.1) is 5.92 Å². The van der Waals surface area contributed by atoms with Crippen LogP contribution in [-0.4, -0.2) is 22.7 Å². The van der Waals surface area contributed by atoms with Crippen molar-refractivity contribution in [3.05, 3.63) is 36.2 Å². The molecule has 2 unspecified atom stereocenters. The van der Waals surface area contributed by atoms with E-state index in [-0.39, 0.29) is 5.92 Å². The van der Waals surface area contributed by atoms with E-state index in [1.54, 1.807) is 0 Å². The van der Waals surface area contributed by atoms with Crippen LogP contribution >= 0.6 is 0 Å². The van der Waals surface area contributed by atoms with E-state index in [1.807, 2.05) is 30.3 Å². The van der Waals surface area contributed by atoms with Crippen LogP contribution in [0.4, 0.5) is 0 Å². The second-order valence-corrected chi connectivity index (χ2v) is 4.68. The van der Waals surface area contributed by atoms with Crippen LogP contribution in [0.15, 0.2) is 34.9 Å². The molecule has 102 valence electrons. The molecule has 1 heterocycles. The Hall–Kier alpha value is -1.68. The van der Waals surface area contributed by atoms with Gasteiger partial charge >= 0.3 is 0 Å². The summed E-state index contributed by atoms with van der Waals surface area (Å²) in [5.41, 5.74) is 0.987. The molecule has 0 spiro atoms. The number of likely N-dealkylation sites (N-methyl/N-ethyl adjacent to an activating group) is 1. The van der Waals surface area contributed by atoms with Crippen molar-refractivity contribution >= 4 is 0 Å². The molecular weight excluding hydrogens is 238 g/mol. The molecular formula is C15H21N3O. The summed E-state index contributed by atoms with van der Waals surface area (Å²) in [4.78, 5) is 4.51. The molecule has 0 bridgehead atoms. The maximum absolute atomic E-state index is 5.41. The van der Waals surface area contributed by atoms with Crippen LogP contribution in [0.5, 0.6) is 0 Å². The maximum Gasteiger partial charge on any atom is 0.231 e. The SMILES string of the molecule is CCNC(CC)C(C)c1nc(-c2ccccc2)no1. The zero-order chi connectivity index (χ0) is 13.7. The molecule has 2 rings (SSSR count). The molecule has 19 heavy (non-hydrogen) atoms. The fraction of sp³-hybridized carbons (Fsp3) is 0.467. The minimum absolute atomic E-state index is 0.218. The van der Waals surface area contributed by atoms with Crippen LogP contribution in [0.3, 0.4) is 0 Å². The first-order chi connectivity index (χ1) is 9.26. The highest BCUT2D eigenvalue weighted by Gasteiger charge is 2.22. The van der Waals surface area contributed by atoms with Crippen LogP contribution in [0, 0.1) is 0 Å². The minimum Gasteiger partial charge on any atom is -0.339 e. The van der Waals surface area contributed by atoms with Crippen molar-refractivity contribution in [2.45, 2.75) is 39.2 Å². The number of aromatic nitrogens is 2. The van der Waals surface area contributed by atoms with E-state index >= 15 is 0 Å². The summed E-state index contributed by atoms with van der Waals surface area (Å²) in [7, 11) is 0. The Morgan fingerprint density at radius 1 is 1.21 bits per heavy atom. The van der Waals surface area contributed by atoms with Crippen LogP contribution < -0.4 is 5.32 Å². The fourth-order valence-corrected chi connectivity index (χ4v) is 2.23. The van der Waals surface area contributed by atoms with Gasteiger partial charge in [0.25, 0.3) is 0 Å². The smallest absolute Gasteiger partial charge is 0.231 e. The van der Waals surface area contributed by atoms with E-state index in [2.05, 4.69) is 36.2 Å². The number of nitrogens with one attached hydrogen (secondary N) is 1. The van der Waals surface area contributed by atoms with E-state index in [0.717, 1.165) is 18.5 Å². The van der Waals surface area contributed by atoms with Crippen LogP contribution in [0.2, 0.25) is 0 Å². The van der Waals surface area contributed by atoms with Gasteiger partial charge in [0, 0.05) is 11.6 Å². The van der Waals surface area contributed by atoms with E-state index < -0.39 is 0 Å². The van der Waals surface area contributed by atoms with Crippen molar-refractivity contribution in [2.75, 3.05) is 6.54 Å². The first-order valence-corrected chi connectivity index (χ1v) is 6.88. The third-order valence-corrected chi connectivity index (χ3v) is 3.37. The van der Waals surface area contributed by atoms with Crippen LogP contribution in [0.1, 0.15) is 39.0 Å². The van der Waals surface area contributed by atoms with E-state index in [9.17, 15) is 0 Å². The maximum atomic E-state index is 5.41. The summed E-state index contributed by atoms with van der Waals surface area (Å²) in [6, 6.07) is 10.3. The number of rotatable bonds is 6. The third-order valence-electron chi connectivity index (χ3n) is 3.37. The second kappa shape index (κ2) is 6.48. The van der Waals surface area contributed by atoms with Crippen molar-refractivity contribution in [3.8, 4) is 11.4 Å². The lowest BCUT2D eigenvalue weighted by Crippen LogP contribution is -2.33. The zero-order valence-corrected chi connectivity index (χ0v) is 11.8. The van der Waals surface area contributed by atoms with Crippen LogP contribution in [-0.2, 0) is 0 Å². The number of hydrogen-bond acceptors (Lipinski definition) is 4. The summed E-state index contributed by atoms with van der Waals surface area (Å²) < 4.78 is 5.41. The molecule has 1 N–H and O–H groups in total. The molecule has 1 aromatic heterocycles. The monoisotopic (exact) mass is 259 g/mol. The molecule has 4 nitrogen and oxygen atoms in total. The molecule has 0 aliphatic carbocycles. The summed E-state index contributed by atoms with van der Waals surface area (Å²) >= 11 is 0. The van der Waals surface area contributed by atoms with E-state index in [1.165, 1.54) is 0 Å². The van der Waals surface area contributed by atoms with E-state index in [4.69, 9.17) is 4.52 Å². The molecule has 0 saturated heterocycles. The molecule has 0 aliphatic heterocycles. The van der Waals surface area contributed by atoms with Gasteiger partial charge in [-0.05, 0) is 13.0 Å². The van der Waals surface area contributed by atoms with Gasteiger partial charge in [0.15, 0.2) is 0 Å². The molecule has 0 saturated carbocycles. The first-order valence-electron chi connectivity index (χ1n) is 6.88. The van der Waals surface area contributed by atoms with Gasteiger partial charge in [-0.2, -0.15) is 4.98 Å². The van der Waals surface area contributed by atoms with Crippen molar-refractivity contribution in [1.29, 1.82) is 0 Å². The predicted octanol–water partition coefficient (Wildman–Crippen LogP) is 3.23. The standard InChI is InChI=1S/C15H21N3O/c1-4-13(16-5-2)11(3)15-17-14(18-19-15)12-9-7-6-8-10-12/h6-11,13,16H,4-5H2,1-3H3. The molecule has 4 heteroatoms. The number of nitrogens with zero attached hydrogens (tertiary/aromatic N) is 2.